The van der Waals surface area contributed by atoms with E-state index in [1.54, 1.807) is 0 Å². The summed E-state index contributed by atoms with van der Waals surface area (Å²) in [6.07, 6.45) is 7.89. The number of hydrogen-bond acceptors (Lipinski definition) is 3. The van der Waals surface area contributed by atoms with Crippen molar-refractivity contribution in [3.05, 3.63) is 42.0 Å². The number of hydrogen-bond donors (Lipinski definition) is 3. The van der Waals surface area contributed by atoms with Crippen molar-refractivity contribution in [2.45, 2.75) is 31.8 Å². The molecule has 134 valence electrons. The van der Waals surface area contributed by atoms with Gasteiger partial charge in [-0.25, -0.2) is 4.79 Å². The standard InChI is InChI=1S/C20H27N3O2/c24-13-18-15-5-6-16(11-15)19(18)22-20(25)21-12-14-3-7-17(8-4-14)23-9-1-2-10-23/h1-4,7-8,15-16,18-19,24H,5-6,9-13H2,(H2,21,22,25). The van der Waals surface area contributed by atoms with E-state index in [-0.39, 0.29) is 24.6 Å². The first-order valence-electron chi connectivity index (χ1n) is 9.38. The van der Waals surface area contributed by atoms with Crippen LogP contribution in [0.4, 0.5) is 10.5 Å². The number of aliphatic hydroxyl groups excluding tert-OH is 1. The lowest BCUT2D eigenvalue weighted by atomic mass is 9.85. The van der Waals surface area contributed by atoms with Crippen LogP contribution in [0, 0.1) is 17.8 Å². The second-order valence-corrected chi connectivity index (χ2v) is 7.58. The molecule has 1 heterocycles. The predicted molar refractivity (Wildman–Crippen MR) is 98.4 cm³/mol. The number of carbonyl (C=O) groups excluding carboxylic acids is 1. The van der Waals surface area contributed by atoms with Gasteiger partial charge in [0.15, 0.2) is 0 Å². The fourth-order valence-corrected chi connectivity index (χ4v) is 4.80. The molecule has 2 bridgehead atoms. The van der Waals surface area contributed by atoms with E-state index >= 15 is 0 Å². The lowest BCUT2D eigenvalue weighted by Gasteiger charge is -2.30. The third-order valence-corrected chi connectivity index (χ3v) is 6.17. The first-order valence-corrected chi connectivity index (χ1v) is 9.38. The Balaban J connectivity index is 1.27. The number of carbonyl (C=O) groups is 1. The molecule has 0 spiro atoms. The smallest absolute Gasteiger partial charge is 0.315 e. The van der Waals surface area contributed by atoms with Crippen LogP contribution in [0.2, 0.25) is 0 Å². The van der Waals surface area contributed by atoms with Crippen LogP contribution in [0.3, 0.4) is 0 Å². The summed E-state index contributed by atoms with van der Waals surface area (Å²) in [5.41, 5.74) is 2.31. The van der Waals surface area contributed by atoms with Gasteiger partial charge in [-0.2, -0.15) is 0 Å². The van der Waals surface area contributed by atoms with Gasteiger partial charge in [0.25, 0.3) is 0 Å². The molecule has 3 aliphatic rings. The molecule has 1 aromatic carbocycles. The molecular weight excluding hydrogens is 314 g/mol. The Hall–Kier alpha value is -2.01. The highest BCUT2D eigenvalue weighted by molar-refractivity contribution is 5.74. The molecule has 4 atom stereocenters. The second-order valence-electron chi connectivity index (χ2n) is 7.58. The van der Waals surface area contributed by atoms with E-state index in [9.17, 15) is 9.90 Å². The van der Waals surface area contributed by atoms with Gasteiger partial charge >= 0.3 is 6.03 Å². The third-order valence-electron chi connectivity index (χ3n) is 6.17. The molecule has 1 aliphatic heterocycles. The largest absolute Gasteiger partial charge is 0.396 e. The number of nitrogens with one attached hydrogen (secondary N) is 2. The molecule has 5 heteroatoms. The van der Waals surface area contributed by atoms with Crippen LogP contribution in [0.15, 0.2) is 36.4 Å². The van der Waals surface area contributed by atoms with Crippen molar-refractivity contribution < 1.29 is 9.90 Å². The summed E-state index contributed by atoms with van der Waals surface area (Å²) in [6.45, 7) is 2.64. The van der Waals surface area contributed by atoms with E-state index in [1.807, 2.05) is 0 Å². The van der Waals surface area contributed by atoms with E-state index in [0.29, 0.717) is 18.4 Å². The molecule has 0 aromatic heterocycles. The number of aliphatic hydroxyl groups is 1. The summed E-state index contributed by atoms with van der Waals surface area (Å²) in [4.78, 5) is 14.6. The van der Waals surface area contributed by atoms with E-state index < -0.39 is 0 Å². The van der Waals surface area contributed by atoms with E-state index in [4.69, 9.17) is 0 Å². The van der Waals surface area contributed by atoms with Gasteiger partial charge in [0, 0.05) is 43.9 Å². The third kappa shape index (κ3) is 3.38. The molecule has 4 unspecified atom stereocenters. The summed E-state index contributed by atoms with van der Waals surface area (Å²) in [5.74, 6) is 1.37. The minimum Gasteiger partial charge on any atom is -0.396 e. The summed E-state index contributed by atoms with van der Waals surface area (Å²) >= 11 is 0. The maximum Gasteiger partial charge on any atom is 0.315 e. The van der Waals surface area contributed by atoms with E-state index in [0.717, 1.165) is 25.1 Å². The quantitative estimate of drug-likeness (QED) is 0.720. The number of anilines is 1. The zero-order valence-electron chi connectivity index (χ0n) is 14.5. The number of fused-ring (bicyclic) bond motifs is 2. The van der Waals surface area contributed by atoms with Crippen molar-refractivity contribution >= 4 is 11.7 Å². The molecule has 2 amide bonds. The van der Waals surface area contributed by atoms with Gasteiger partial charge in [-0.15, -0.1) is 0 Å². The normalized spacial score (nSPS) is 30.0. The molecule has 3 N–H and O–H groups in total. The molecular formula is C20H27N3O2. The lowest BCUT2D eigenvalue weighted by Crippen LogP contribution is -2.48. The summed E-state index contributed by atoms with van der Waals surface area (Å²) in [7, 11) is 0. The number of amides is 2. The average molecular weight is 341 g/mol. The topological polar surface area (TPSA) is 64.6 Å². The van der Waals surface area contributed by atoms with E-state index in [2.05, 4.69) is 52.0 Å². The van der Waals surface area contributed by atoms with Crippen LogP contribution in [-0.2, 0) is 6.54 Å². The highest BCUT2D eigenvalue weighted by atomic mass is 16.3. The van der Waals surface area contributed by atoms with Crippen molar-refractivity contribution in [2.24, 2.45) is 17.8 Å². The van der Waals surface area contributed by atoms with Gasteiger partial charge in [0.2, 0.25) is 0 Å². The second kappa shape index (κ2) is 7.08. The van der Waals surface area contributed by atoms with Crippen LogP contribution in [0.5, 0.6) is 0 Å². The molecule has 2 aliphatic carbocycles. The van der Waals surface area contributed by atoms with Crippen LogP contribution in [-0.4, -0.2) is 36.9 Å². The van der Waals surface area contributed by atoms with Crippen molar-refractivity contribution in [1.82, 2.24) is 10.6 Å². The SMILES string of the molecule is O=C(NCc1ccc(N2CC=CC2)cc1)NC1C2CCC(C2)C1CO. The van der Waals surface area contributed by atoms with Crippen molar-refractivity contribution in [3.63, 3.8) is 0 Å². The zero-order chi connectivity index (χ0) is 17.2. The van der Waals surface area contributed by atoms with Gasteiger partial charge in [-0.3, -0.25) is 0 Å². The number of urea groups is 1. The Morgan fingerprint density at radius 2 is 1.84 bits per heavy atom. The Morgan fingerprint density at radius 1 is 1.12 bits per heavy atom. The Bertz CT molecular complexity index is 635. The fourth-order valence-electron chi connectivity index (χ4n) is 4.80. The van der Waals surface area contributed by atoms with Crippen molar-refractivity contribution in [1.29, 1.82) is 0 Å². The lowest BCUT2D eigenvalue weighted by molar-refractivity contribution is 0.144. The highest BCUT2D eigenvalue weighted by Crippen LogP contribution is 2.48. The molecule has 0 radical (unpaired) electrons. The summed E-state index contributed by atoms with van der Waals surface area (Å²) in [6, 6.07) is 8.38. The van der Waals surface area contributed by atoms with Gasteiger partial charge < -0.3 is 20.6 Å². The maximum absolute atomic E-state index is 12.3. The monoisotopic (exact) mass is 341 g/mol. The number of benzene rings is 1. The predicted octanol–water partition coefficient (Wildman–Crippen LogP) is 2.27. The molecule has 2 fully saturated rings. The van der Waals surface area contributed by atoms with Crippen molar-refractivity contribution in [3.8, 4) is 0 Å². The van der Waals surface area contributed by atoms with Crippen LogP contribution < -0.4 is 15.5 Å². The Kier molecular flexibility index (Phi) is 4.66. The molecule has 2 saturated carbocycles. The zero-order valence-corrected chi connectivity index (χ0v) is 14.5. The maximum atomic E-state index is 12.3. The minimum absolute atomic E-state index is 0.121. The number of rotatable bonds is 5. The van der Waals surface area contributed by atoms with Gasteiger partial charge in [0.05, 0.1) is 0 Å². The summed E-state index contributed by atoms with van der Waals surface area (Å²) in [5, 5.41) is 15.7. The van der Waals surface area contributed by atoms with Gasteiger partial charge in [-0.1, -0.05) is 24.3 Å². The first kappa shape index (κ1) is 16.5. The first-order chi connectivity index (χ1) is 12.2. The van der Waals surface area contributed by atoms with Crippen LogP contribution in [0.25, 0.3) is 0 Å². The Labute approximate surface area is 149 Å². The highest BCUT2D eigenvalue weighted by Gasteiger charge is 2.47. The van der Waals surface area contributed by atoms with Crippen molar-refractivity contribution in [2.75, 3.05) is 24.6 Å². The van der Waals surface area contributed by atoms with E-state index in [1.165, 1.54) is 18.5 Å². The summed E-state index contributed by atoms with van der Waals surface area (Å²) < 4.78 is 0. The molecule has 25 heavy (non-hydrogen) atoms. The molecule has 0 saturated heterocycles. The molecule has 1 aromatic rings. The molecule has 5 nitrogen and oxygen atoms in total. The minimum atomic E-state index is -0.121. The van der Waals surface area contributed by atoms with Crippen LogP contribution in [0.1, 0.15) is 24.8 Å². The van der Waals surface area contributed by atoms with Gasteiger partial charge in [-0.05, 0) is 48.8 Å². The Morgan fingerprint density at radius 3 is 2.56 bits per heavy atom. The fraction of sp³-hybridized carbons (Fsp3) is 0.550. The van der Waals surface area contributed by atoms with Crippen LogP contribution >= 0.6 is 0 Å². The molecule has 4 rings (SSSR count). The van der Waals surface area contributed by atoms with Gasteiger partial charge in [0.1, 0.15) is 0 Å². The average Bonchev–Trinajstić information content (AvgIpc) is 3.37. The number of nitrogens with zero attached hydrogens (tertiary/aromatic N) is 1.